The van der Waals surface area contributed by atoms with Crippen LogP contribution in [0.1, 0.15) is 106 Å². The maximum absolute atomic E-state index is 17.9. The molecule has 356 valence electrons. The van der Waals surface area contributed by atoms with Gasteiger partial charge in [0, 0.05) is 43.3 Å². The van der Waals surface area contributed by atoms with E-state index in [-0.39, 0.29) is 82.0 Å². The van der Waals surface area contributed by atoms with Gasteiger partial charge in [0.15, 0.2) is 12.6 Å². The Bertz CT molecular complexity index is 2520. The number of nitrogens with one attached hydrogen (secondary N) is 1. The number of pyridine rings is 1. The molecule has 0 aliphatic carbocycles. The highest BCUT2D eigenvalue weighted by molar-refractivity contribution is 6.90. The zero-order chi connectivity index (χ0) is 47.5. The molecule has 1 amide bonds. The van der Waals surface area contributed by atoms with Crippen LogP contribution in [0, 0.1) is 23.1 Å². The molecular formula is C50H64F4N6O5Si. The smallest absolute Gasteiger partial charge is 0.407 e. The monoisotopic (exact) mass is 932 g/mol. The Balaban J connectivity index is 1.29. The third-order valence-electron chi connectivity index (χ3n) is 14.6. The maximum atomic E-state index is 17.9. The number of alkyl halides is 2. The van der Waals surface area contributed by atoms with Gasteiger partial charge in [-0.1, -0.05) is 53.5 Å². The van der Waals surface area contributed by atoms with Crippen molar-refractivity contribution in [3.05, 3.63) is 47.7 Å². The number of nitrogens with zero attached hydrogens (tertiary/aromatic N) is 5. The second-order valence-corrected chi connectivity index (χ2v) is 26.3. The first-order chi connectivity index (χ1) is 31.3. The number of aromatic nitrogens is 3. The molecule has 0 spiro atoms. The number of alkyl carbamates (subject to hydrolysis) is 1. The molecule has 4 saturated heterocycles. The summed E-state index contributed by atoms with van der Waals surface area (Å²) in [6.45, 7) is 19.4. The minimum absolute atomic E-state index is 0.0805. The van der Waals surface area contributed by atoms with Crippen LogP contribution >= 0.6 is 0 Å². The van der Waals surface area contributed by atoms with Crippen molar-refractivity contribution in [2.75, 3.05) is 38.5 Å². The van der Waals surface area contributed by atoms with E-state index in [4.69, 9.17) is 33.9 Å². The first-order valence-corrected chi connectivity index (χ1v) is 25.7. The summed E-state index contributed by atoms with van der Waals surface area (Å²) in [6.07, 6.45) is 1.45. The predicted octanol–water partition coefficient (Wildman–Crippen LogP) is 10.6. The van der Waals surface area contributed by atoms with Crippen molar-refractivity contribution in [3.63, 3.8) is 0 Å². The van der Waals surface area contributed by atoms with Crippen LogP contribution in [0.25, 0.3) is 32.9 Å². The topological polar surface area (TPSA) is 111 Å². The summed E-state index contributed by atoms with van der Waals surface area (Å²) in [5, 5.41) is 3.89. The Morgan fingerprint density at radius 3 is 2.47 bits per heavy atom. The third kappa shape index (κ3) is 8.80. The lowest BCUT2D eigenvalue weighted by molar-refractivity contribution is 0.0447. The van der Waals surface area contributed by atoms with Crippen LogP contribution in [0.4, 0.5) is 28.2 Å². The van der Waals surface area contributed by atoms with Gasteiger partial charge in [-0.25, -0.2) is 22.4 Å². The molecule has 2 aromatic carbocycles. The number of rotatable bonds is 12. The average molecular weight is 933 g/mol. The van der Waals surface area contributed by atoms with Gasteiger partial charge in [-0.15, -0.1) is 5.54 Å². The first kappa shape index (κ1) is 47.8. The number of carbonyl (C=O) groups excluding carboxylic acids is 1. The Morgan fingerprint density at radius 2 is 1.77 bits per heavy atom. The molecule has 2 bridgehead atoms. The van der Waals surface area contributed by atoms with Crippen molar-refractivity contribution in [3.8, 4) is 34.5 Å². The second-order valence-electron chi connectivity index (χ2n) is 20.7. The molecule has 16 heteroatoms. The largest absolute Gasteiger partial charge is 0.468 e. The number of piperidine rings is 1. The zero-order valence-corrected chi connectivity index (χ0v) is 40.9. The van der Waals surface area contributed by atoms with Gasteiger partial charge in [0.25, 0.3) is 0 Å². The van der Waals surface area contributed by atoms with Crippen molar-refractivity contribution in [1.29, 1.82) is 0 Å². The van der Waals surface area contributed by atoms with Crippen LogP contribution in [0.15, 0.2) is 30.5 Å². The number of benzene rings is 2. The highest BCUT2D eigenvalue weighted by Gasteiger charge is 2.51. The molecule has 0 saturated carbocycles. The second kappa shape index (κ2) is 18.4. The van der Waals surface area contributed by atoms with E-state index < -0.39 is 61.4 Å². The van der Waals surface area contributed by atoms with E-state index in [9.17, 15) is 9.18 Å². The van der Waals surface area contributed by atoms with E-state index in [1.165, 1.54) is 19.4 Å². The van der Waals surface area contributed by atoms with Gasteiger partial charge in [-0.05, 0) is 99.6 Å². The highest BCUT2D eigenvalue weighted by Crippen LogP contribution is 2.46. The third-order valence-corrected chi connectivity index (χ3v) is 20.8. The van der Waals surface area contributed by atoms with E-state index in [2.05, 4.69) is 63.2 Å². The Morgan fingerprint density at radius 1 is 1.03 bits per heavy atom. The molecule has 4 aromatic rings. The van der Waals surface area contributed by atoms with Gasteiger partial charge in [-0.2, -0.15) is 9.97 Å². The van der Waals surface area contributed by atoms with Crippen molar-refractivity contribution in [2.24, 2.45) is 0 Å². The number of amides is 1. The van der Waals surface area contributed by atoms with Gasteiger partial charge >= 0.3 is 12.1 Å². The molecule has 4 aliphatic heterocycles. The molecule has 2 aromatic heterocycles. The van der Waals surface area contributed by atoms with E-state index in [0.29, 0.717) is 42.3 Å². The Kier molecular flexibility index (Phi) is 13.3. The SMILES string of the molecule is COCOc1cc(-c2ncc3c(N4[C@@H]5CC[C@H]4[C@H](F)[C@@H](NC(=O)OC(C)(C)C)C5)nc(OC[C@@]45CCCN4C[C@H](F)C5)nc3c2F)c2c(C#C[Si](C(C)C)(C(C)C)C(C)C)c(F)ccc2c1. The van der Waals surface area contributed by atoms with Gasteiger partial charge < -0.3 is 29.2 Å². The summed E-state index contributed by atoms with van der Waals surface area (Å²) < 4.78 is 88.9. The van der Waals surface area contributed by atoms with Crippen molar-refractivity contribution < 1.29 is 41.3 Å². The van der Waals surface area contributed by atoms with Gasteiger partial charge in [0.1, 0.15) is 61.2 Å². The quantitative estimate of drug-likeness (QED) is 0.0638. The number of anilines is 1. The average Bonchev–Trinajstić information content (AvgIpc) is 3.90. The lowest BCUT2D eigenvalue weighted by Crippen LogP contribution is -2.58. The Labute approximate surface area is 386 Å². The van der Waals surface area contributed by atoms with Gasteiger partial charge in [-0.3, -0.25) is 9.88 Å². The molecule has 8 rings (SSSR count). The van der Waals surface area contributed by atoms with E-state index in [0.717, 1.165) is 19.4 Å². The van der Waals surface area contributed by atoms with Crippen LogP contribution in [0.5, 0.6) is 11.8 Å². The van der Waals surface area contributed by atoms with Crippen LogP contribution in [0.3, 0.4) is 0 Å². The summed E-state index contributed by atoms with van der Waals surface area (Å²) in [4.78, 5) is 31.1. The number of hydrogen-bond donors (Lipinski definition) is 1. The highest BCUT2D eigenvalue weighted by atomic mass is 28.3. The number of ether oxygens (including phenoxy) is 4. The molecule has 4 fully saturated rings. The number of carbonyl (C=O) groups is 1. The van der Waals surface area contributed by atoms with Crippen molar-refractivity contribution in [1.82, 2.24) is 25.2 Å². The molecule has 1 N–H and O–H groups in total. The number of methoxy groups -OCH3 is 1. The maximum Gasteiger partial charge on any atom is 0.407 e. The predicted molar refractivity (Wildman–Crippen MR) is 251 cm³/mol. The minimum Gasteiger partial charge on any atom is -0.468 e. The summed E-state index contributed by atoms with van der Waals surface area (Å²) in [5.41, 5.74) is 3.25. The lowest BCUT2D eigenvalue weighted by atomic mass is 9.94. The van der Waals surface area contributed by atoms with Crippen LogP contribution in [0.2, 0.25) is 16.6 Å². The summed E-state index contributed by atoms with van der Waals surface area (Å²) in [6, 6.07) is 4.35. The summed E-state index contributed by atoms with van der Waals surface area (Å²) in [7, 11) is -0.867. The number of fused-ring (bicyclic) bond motifs is 5. The Hall–Kier alpha value is -4.72. The van der Waals surface area contributed by atoms with Crippen LogP contribution in [-0.4, -0.2) is 109 Å². The van der Waals surface area contributed by atoms with Crippen LogP contribution < -0.4 is 19.7 Å². The minimum atomic E-state index is -2.36. The molecule has 6 atom stereocenters. The number of halogens is 4. The van der Waals surface area contributed by atoms with Crippen molar-refractivity contribution >= 4 is 41.7 Å². The lowest BCUT2D eigenvalue weighted by Gasteiger charge is -2.42. The molecule has 66 heavy (non-hydrogen) atoms. The fourth-order valence-electron chi connectivity index (χ4n) is 11.7. The van der Waals surface area contributed by atoms with E-state index in [1.54, 1.807) is 39.0 Å². The number of hydrogen-bond acceptors (Lipinski definition) is 10. The normalized spacial score (nSPS) is 24.4. The molecular weight excluding hydrogens is 869 g/mol. The van der Waals surface area contributed by atoms with Crippen LogP contribution in [-0.2, 0) is 9.47 Å². The molecule has 0 radical (unpaired) electrons. The fourth-order valence-corrected chi connectivity index (χ4v) is 16.9. The molecule has 0 unspecified atom stereocenters. The summed E-state index contributed by atoms with van der Waals surface area (Å²) in [5.74, 6) is 2.51. The summed E-state index contributed by atoms with van der Waals surface area (Å²) >= 11 is 0. The standard InChI is InChI=1S/C50H64F4N6O5Si/c1-28(2)66(29(3)4,30(5)6)19-16-35-38(52)14-12-31-20-34(64-27-62-10)22-36(41(31)35)44-43(54)45-37(24-55-44)46(58-47(57-45)63-26-50-17-11-18-59(50)25-32(51)23-50)60-33-13-15-40(60)42(53)39(21-33)56-48(61)65-49(7,8)9/h12,14,20,22,24,28-30,32-33,39-40,42H,11,13,15,17-18,21,23,25-27H2,1-10H3,(H,56,61)/t32-,33-,39+,40+,42-,50+/m1/s1. The van der Waals surface area contributed by atoms with E-state index in [1.807, 2.05) is 4.90 Å². The van der Waals surface area contributed by atoms with E-state index >= 15 is 13.2 Å². The molecule has 11 nitrogen and oxygen atoms in total. The fraction of sp³-hybridized carbons (Fsp3) is 0.600. The van der Waals surface area contributed by atoms with Gasteiger partial charge in [0.05, 0.1) is 28.6 Å². The zero-order valence-electron chi connectivity index (χ0n) is 39.9. The first-order valence-electron chi connectivity index (χ1n) is 23.5. The molecule has 4 aliphatic rings. The van der Waals surface area contributed by atoms with Crippen molar-refractivity contribution in [2.45, 2.75) is 159 Å². The van der Waals surface area contributed by atoms with Gasteiger partial charge in [0.2, 0.25) is 0 Å². The molecule has 6 heterocycles.